The van der Waals surface area contributed by atoms with Gasteiger partial charge >= 0.3 is 0 Å². The molecular formula is C12H17NO3S. The van der Waals surface area contributed by atoms with Crippen molar-refractivity contribution in [3.8, 4) is 0 Å². The molecule has 1 amide bonds. The third kappa shape index (κ3) is 4.77. The third-order valence-electron chi connectivity index (χ3n) is 2.27. The summed E-state index contributed by atoms with van der Waals surface area (Å²) in [5.41, 5.74) is 0.632. The Balaban J connectivity index is 2.43. The summed E-state index contributed by atoms with van der Waals surface area (Å²) in [5, 5.41) is 8.53. The van der Waals surface area contributed by atoms with Crippen LogP contribution in [0.15, 0.2) is 29.2 Å². The Morgan fingerprint density at radius 2 is 2.00 bits per heavy atom. The number of benzene rings is 1. The molecule has 17 heavy (non-hydrogen) atoms. The van der Waals surface area contributed by atoms with E-state index in [1.807, 2.05) is 0 Å². The van der Waals surface area contributed by atoms with Crippen LogP contribution >= 0.6 is 12.6 Å². The van der Waals surface area contributed by atoms with Crippen LogP contribution in [0.2, 0.25) is 0 Å². The summed E-state index contributed by atoms with van der Waals surface area (Å²) in [6.45, 7) is 1.23. The lowest BCUT2D eigenvalue weighted by Crippen LogP contribution is -2.30. The molecule has 0 aliphatic heterocycles. The molecule has 0 bridgehead atoms. The van der Waals surface area contributed by atoms with Gasteiger partial charge in [0.1, 0.15) is 0 Å². The number of likely N-dealkylation sites (N-methyl/N-ethyl adjacent to an activating group) is 1. The smallest absolute Gasteiger partial charge is 0.253 e. The number of rotatable bonds is 6. The Hall–Kier alpha value is -1.04. The van der Waals surface area contributed by atoms with Crippen molar-refractivity contribution in [2.24, 2.45) is 0 Å². The van der Waals surface area contributed by atoms with Gasteiger partial charge in [0.15, 0.2) is 0 Å². The third-order valence-corrected chi connectivity index (χ3v) is 2.57. The Morgan fingerprint density at radius 3 is 2.59 bits per heavy atom. The van der Waals surface area contributed by atoms with Crippen LogP contribution in [-0.2, 0) is 4.74 Å². The quantitative estimate of drug-likeness (QED) is 0.590. The number of ether oxygens (including phenoxy) is 1. The Morgan fingerprint density at radius 1 is 1.35 bits per heavy atom. The summed E-state index contributed by atoms with van der Waals surface area (Å²) in [7, 11) is 1.72. The van der Waals surface area contributed by atoms with Crippen LogP contribution in [0.5, 0.6) is 0 Å². The van der Waals surface area contributed by atoms with E-state index in [1.54, 1.807) is 36.2 Å². The summed E-state index contributed by atoms with van der Waals surface area (Å²) in [5.74, 6) is -0.0501. The van der Waals surface area contributed by atoms with Crippen molar-refractivity contribution in [1.29, 1.82) is 0 Å². The van der Waals surface area contributed by atoms with Crippen LogP contribution in [0.3, 0.4) is 0 Å². The van der Waals surface area contributed by atoms with E-state index in [-0.39, 0.29) is 12.5 Å². The van der Waals surface area contributed by atoms with Crippen LogP contribution in [0.4, 0.5) is 0 Å². The molecule has 94 valence electrons. The van der Waals surface area contributed by atoms with Crippen LogP contribution in [0.25, 0.3) is 0 Å². The Labute approximate surface area is 107 Å². The lowest BCUT2D eigenvalue weighted by molar-refractivity contribution is 0.0618. The fourth-order valence-corrected chi connectivity index (χ4v) is 1.44. The normalized spacial score (nSPS) is 10.3. The molecule has 5 heteroatoms. The molecule has 0 aliphatic rings. The zero-order chi connectivity index (χ0) is 12.7. The first-order valence-corrected chi connectivity index (χ1v) is 5.83. The number of hydrogen-bond acceptors (Lipinski definition) is 4. The highest BCUT2D eigenvalue weighted by Gasteiger charge is 2.10. The lowest BCUT2D eigenvalue weighted by Gasteiger charge is -2.17. The predicted octanol–water partition coefficient (Wildman–Crippen LogP) is 1.06. The highest BCUT2D eigenvalue weighted by atomic mass is 32.1. The molecule has 0 saturated heterocycles. The number of aliphatic hydroxyl groups is 1. The van der Waals surface area contributed by atoms with E-state index in [2.05, 4.69) is 12.6 Å². The largest absolute Gasteiger partial charge is 0.394 e. The van der Waals surface area contributed by atoms with E-state index in [1.165, 1.54) is 0 Å². The van der Waals surface area contributed by atoms with Crippen LogP contribution in [0.1, 0.15) is 10.4 Å². The second-order valence-electron chi connectivity index (χ2n) is 3.61. The van der Waals surface area contributed by atoms with E-state index in [0.717, 1.165) is 4.90 Å². The molecule has 0 unspecified atom stereocenters. The van der Waals surface area contributed by atoms with Crippen molar-refractivity contribution in [1.82, 2.24) is 4.90 Å². The molecule has 0 spiro atoms. The average molecular weight is 255 g/mol. The van der Waals surface area contributed by atoms with E-state index in [0.29, 0.717) is 25.3 Å². The maximum absolute atomic E-state index is 11.9. The van der Waals surface area contributed by atoms with E-state index in [4.69, 9.17) is 9.84 Å². The number of carbonyl (C=O) groups excluding carboxylic acids is 1. The first-order valence-electron chi connectivity index (χ1n) is 5.38. The molecule has 0 atom stereocenters. The summed E-state index contributed by atoms with van der Waals surface area (Å²) in [4.78, 5) is 14.3. The Bertz CT molecular complexity index is 353. The van der Waals surface area contributed by atoms with Gasteiger partial charge in [-0.2, -0.15) is 0 Å². The van der Waals surface area contributed by atoms with Crippen molar-refractivity contribution in [2.75, 3.05) is 33.4 Å². The number of amides is 1. The zero-order valence-corrected chi connectivity index (χ0v) is 10.7. The number of carbonyl (C=O) groups is 1. The zero-order valence-electron chi connectivity index (χ0n) is 9.80. The molecule has 0 fully saturated rings. The summed E-state index contributed by atoms with van der Waals surface area (Å²) in [6.07, 6.45) is 0. The van der Waals surface area contributed by atoms with Crippen molar-refractivity contribution < 1.29 is 14.6 Å². The molecule has 1 aromatic rings. The van der Waals surface area contributed by atoms with Gasteiger partial charge in [-0.3, -0.25) is 4.79 Å². The minimum Gasteiger partial charge on any atom is -0.394 e. The Kier molecular flexibility index (Phi) is 6.04. The van der Waals surface area contributed by atoms with E-state index >= 15 is 0 Å². The summed E-state index contributed by atoms with van der Waals surface area (Å²) >= 11 is 4.16. The fraction of sp³-hybridized carbons (Fsp3) is 0.417. The molecule has 4 nitrogen and oxygen atoms in total. The molecule has 1 aromatic carbocycles. The number of thiol groups is 1. The van der Waals surface area contributed by atoms with Gasteiger partial charge < -0.3 is 14.7 Å². The minimum absolute atomic E-state index is 0.00106. The maximum Gasteiger partial charge on any atom is 0.253 e. The van der Waals surface area contributed by atoms with E-state index < -0.39 is 0 Å². The van der Waals surface area contributed by atoms with E-state index in [9.17, 15) is 4.79 Å². The predicted molar refractivity (Wildman–Crippen MR) is 68.6 cm³/mol. The number of hydrogen-bond donors (Lipinski definition) is 2. The second-order valence-corrected chi connectivity index (χ2v) is 4.13. The molecule has 1 rings (SSSR count). The van der Waals surface area contributed by atoms with Crippen molar-refractivity contribution in [2.45, 2.75) is 4.90 Å². The van der Waals surface area contributed by atoms with Gasteiger partial charge in [0.25, 0.3) is 5.91 Å². The molecular weight excluding hydrogens is 238 g/mol. The van der Waals surface area contributed by atoms with Gasteiger partial charge in [0.05, 0.1) is 19.8 Å². The summed E-state index contributed by atoms with van der Waals surface area (Å²) < 4.78 is 5.10. The first kappa shape index (κ1) is 14.0. The van der Waals surface area contributed by atoms with Gasteiger partial charge in [-0.25, -0.2) is 0 Å². The van der Waals surface area contributed by atoms with Crippen molar-refractivity contribution >= 4 is 18.5 Å². The highest BCUT2D eigenvalue weighted by Crippen LogP contribution is 2.09. The second kappa shape index (κ2) is 7.32. The molecule has 0 radical (unpaired) electrons. The summed E-state index contributed by atoms with van der Waals surface area (Å²) in [6, 6.07) is 7.06. The maximum atomic E-state index is 11.9. The fourth-order valence-electron chi connectivity index (χ4n) is 1.29. The van der Waals surface area contributed by atoms with Crippen LogP contribution < -0.4 is 0 Å². The lowest BCUT2D eigenvalue weighted by atomic mass is 10.2. The number of aliphatic hydroxyl groups excluding tert-OH is 1. The molecule has 1 N–H and O–H groups in total. The number of nitrogens with zero attached hydrogens (tertiary/aromatic N) is 1. The molecule has 0 heterocycles. The highest BCUT2D eigenvalue weighted by molar-refractivity contribution is 7.80. The topological polar surface area (TPSA) is 49.8 Å². The first-order chi connectivity index (χ1) is 8.15. The standard InChI is InChI=1S/C12H17NO3S/c1-13(6-8-16-9-7-14)12(15)10-2-4-11(17)5-3-10/h2-5,14,17H,6-9H2,1H3. The van der Waals surface area contributed by atoms with Gasteiger partial charge in [-0.05, 0) is 24.3 Å². The molecule has 0 saturated carbocycles. The van der Waals surface area contributed by atoms with Gasteiger partial charge in [-0.1, -0.05) is 0 Å². The van der Waals surface area contributed by atoms with Crippen LogP contribution in [-0.4, -0.2) is 49.3 Å². The average Bonchev–Trinajstić information content (AvgIpc) is 2.34. The molecule has 0 aromatic heterocycles. The van der Waals surface area contributed by atoms with Gasteiger partial charge in [0, 0.05) is 24.1 Å². The van der Waals surface area contributed by atoms with Gasteiger partial charge in [0.2, 0.25) is 0 Å². The van der Waals surface area contributed by atoms with Gasteiger partial charge in [-0.15, -0.1) is 12.6 Å². The minimum atomic E-state index is -0.0501. The van der Waals surface area contributed by atoms with Crippen LogP contribution in [0, 0.1) is 0 Å². The van der Waals surface area contributed by atoms with Crippen molar-refractivity contribution in [3.05, 3.63) is 29.8 Å². The molecule has 0 aliphatic carbocycles. The SMILES string of the molecule is CN(CCOCCO)C(=O)c1ccc(S)cc1. The monoisotopic (exact) mass is 255 g/mol. The van der Waals surface area contributed by atoms with Crippen molar-refractivity contribution in [3.63, 3.8) is 0 Å².